The third-order valence-electron chi connectivity index (χ3n) is 9.29. The second-order valence-corrected chi connectivity index (χ2v) is 14.3. The summed E-state index contributed by atoms with van der Waals surface area (Å²) in [6.45, 7) is 11.2. The second-order valence-electron chi connectivity index (χ2n) is 13.5. The summed E-state index contributed by atoms with van der Waals surface area (Å²) in [5.74, 6) is 3.17. The van der Waals surface area contributed by atoms with Crippen LogP contribution in [0.2, 0.25) is 10.0 Å². The third-order valence-corrected chi connectivity index (χ3v) is 10.1. The van der Waals surface area contributed by atoms with E-state index in [-0.39, 0.29) is 12.5 Å². The molecule has 1 aliphatic rings. The monoisotopic (exact) mass is 749 g/mol. The van der Waals surface area contributed by atoms with Gasteiger partial charge in [-0.25, -0.2) is 4.98 Å². The lowest BCUT2D eigenvalue weighted by Crippen LogP contribution is -2.47. The van der Waals surface area contributed by atoms with Crippen LogP contribution in [0.25, 0.3) is 6.08 Å². The first-order chi connectivity index (χ1) is 25.7. The normalized spacial score (nSPS) is 13.4. The van der Waals surface area contributed by atoms with Gasteiger partial charge < -0.3 is 19.1 Å². The van der Waals surface area contributed by atoms with Gasteiger partial charge in [0.15, 0.2) is 0 Å². The van der Waals surface area contributed by atoms with E-state index in [0.29, 0.717) is 53.0 Å². The zero-order chi connectivity index (χ0) is 37.2. The Morgan fingerprint density at radius 2 is 1.58 bits per heavy atom. The summed E-state index contributed by atoms with van der Waals surface area (Å²) in [5.41, 5.74) is 6.51. The van der Waals surface area contributed by atoms with E-state index >= 15 is 0 Å². The number of benzene rings is 4. The van der Waals surface area contributed by atoms with E-state index in [1.807, 2.05) is 48.2 Å². The van der Waals surface area contributed by atoms with Gasteiger partial charge in [0.05, 0.1) is 22.8 Å². The number of aromatic nitrogens is 1. The summed E-state index contributed by atoms with van der Waals surface area (Å²) in [6.07, 6.45) is 5.99. The van der Waals surface area contributed by atoms with Crippen LogP contribution in [-0.4, -0.2) is 53.5 Å². The highest BCUT2D eigenvalue weighted by Gasteiger charge is 2.20. The van der Waals surface area contributed by atoms with Gasteiger partial charge in [0.2, 0.25) is 11.8 Å². The summed E-state index contributed by atoms with van der Waals surface area (Å²) in [4.78, 5) is 21.7. The van der Waals surface area contributed by atoms with Crippen LogP contribution in [0, 0.1) is 6.92 Å². The number of rotatable bonds is 14. The Hall–Kier alpha value is -4.82. The van der Waals surface area contributed by atoms with Crippen LogP contribution in [-0.2, 0) is 24.4 Å². The van der Waals surface area contributed by atoms with Crippen molar-refractivity contribution in [1.82, 2.24) is 14.8 Å². The number of pyridine rings is 1. The molecule has 0 atom stereocenters. The van der Waals surface area contributed by atoms with Crippen molar-refractivity contribution in [3.63, 3.8) is 0 Å². The first kappa shape index (κ1) is 37.9. The van der Waals surface area contributed by atoms with Crippen molar-refractivity contribution in [3.05, 3.63) is 153 Å². The van der Waals surface area contributed by atoms with Gasteiger partial charge in [-0.15, -0.1) is 0 Å². The van der Waals surface area contributed by atoms with Gasteiger partial charge in [-0.05, 0) is 83.1 Å². The number of halogens is 2. The largest absolute Gasteiger partial charge is 0.493 e. The van der Waals surface area contributed by atoms with Crippen LogP contribution in [0.15, 0.2) is 109 Å². The predicted octanol–water partition coefficient (Wildman–Crippen LogP) is 10.2. The summed E-state index contributed by atoms with van der Waals surface area (Å²) in [7, 11) is 0. The second kappa shape index (κ2) is 18.3. The fourth-order valence-corrected chi connectivity index (χ4v) is 6.42. The molecular weight excluding hydrogens is 705 g/mol. The molecule has 1 aromatic heterocycles. The number of amides is 1. The van der Waals surface area contributed by atoms with Crippen molar-refractivity contribution in [2.45, 2.75) is 46.3 Å². The summed E-state index contributed by atoms with van der Waals surface area (Å²) in [6, 6.07) is 32.0. The average Bonchev–Trinajstić information content (AvgIpc) is 3.17. The number of carbonyl (C=O) groups is 1. The SMILES string of the molecule is Cc1cc(C=CC(=O)N2CCN(Cc3ccc(CCOc4ccc(C(C)C)cc4)cc3)CC2)ccc1Oc1ccc(OCc2cccc(Cl)c2Cl)cn1. The Morgan fingerprint density at radius 1 is 0.849 bits per heavy atom. The molecule has 1 aliphatic heterocycles. The zero-order valence-electron chi connectivity index (χ0n) is 30.4. The van der Waals surface area contributed by atoms with Crippen molar-refractivity contribution in [1.29, 1.82) is 0 Å². The minimum absolute atomic E-state index is 0.0224. The molecule has 2 heterocycles. The molecule has 0 unspecified atom stereocenters. The van der Waals surface area contributed by atoms with E-state index in [4.69, 9.17) is 37.4 Å². The number of carbonyl (C=O) groups excluding carboxylic acids is 1. The predicted molar refractivity (Wildman–Crippen MR) is 213 cm³/mol. The van der Waals surface area contributed by atoms with Gasteiger partial charge in [-0.1, -0.05) is 91.6 Å². The highest BCUT2D eigenvalue weighted by molar-refractivity contribution is 6.42. The lowest BCUT2D eigenvalue weighted by atomic mass is 10.0. The summed E-state index contributed by atoms with van der Waals surface area (Å²) in [5, 5.41) is 0.970. The maximum Gasteiger partial charge on any atom is 0.246 e. The molecule has 0 spiro atoms. The van der Waals surface area contributed by atoms with Gasteiger partial charge >= 0.3 is 0 Å². The van der Waals surface area contributed by atoms with Crippen LogP contribution in [0.5, 0.6) is 23.1 Å². The Bertz CT molecular complexity index is 1990. The molecule has 0 saturated carbocycles. The molecule has 53 heavy (non-hydrogen) atoms. The molecule has 1 fully saturated rings. The average molecular weight is 751 g/mol. The van der Waals surface area contributed by atoms with Gasteiger partial charge in [0, 0.05) is 56.9 Å². The number of piperazine rings is 1. The molecule has 7 nitrogen and oxygen atoms in total. The van der Waals surface area contributed by atoms with E-state index < -0.39 is 0 Å². The van der Waals surface area contributed by atoms with E-state index in [9.17, 15) is 4.79 Å². The number of hydrogen-bond donors (Lipinski definition) is 0. The molecule has 1 saturated heterocycles. The molecule has 9 heteroatoms. The number of nitrogens with zero attached hydrogens (tertiary/aromatic N) is 3. The first-order valence-electron chi connectivity index (χ1n) is 18.0. The lowest BCUT2D eigenvalue weighted by molar-refractivity contribution is -0.127. The summed E-state index contributed by atoms with van der Waals surface area (Å²) >= 11 is 12.3. The lowest BCUT2D eigenvalue weighted by Gasteiger charge is -2.34. The molecule has 4 aromatic carbocycles. The molecule has 274 valence electrons. The van der Waals surface area contributed by atoms with Crippen molar-refractivity contribution in [2.24, 2.45) is 0 Å². The van der Waals surface area contributed by atoms with Crippen LogP contribution in [0.4, 0.5) is 0 Å². The van der Waals surface area contributed by atoms with Crippen LogP contribution in [0.1, 0.15) is 53.1 Å². The topological polar surface area (TPSA) is 64.1 Å². The molecular formula is C44H45Cl2N3O4. The molecule has 0 radical (unpaired) electrons. The maximum absolute atomic E-state index is 13.0. The fraction of sp³-hybridized carbons (Fsp3) is 0.273. The van der Waals surface area contributed by atoms with Crippen molar-refractivity contribution >= 4 is 35.2 Å². The molecule has 0 N–H and O–H groups in total. The van der Waals surface area contributed by atoms with Crippen LogP contribution in [0.3, 0.4) is 0 Å². The first-order valence-corrected chi connectivity index (χ1v) is 18.8. The van der Waals surface area contributed by atoms with Crippen LogP contribution >= 0.6 is 23.2 Å². The van der Waals surface area contributed by atoms with Crippen molar-refractivity contribution < 1.29 is 19.0 Å². The van der Waals surface area contributed by atoms with E-state index in [0.717, 1.165) is 48.5 Å². The molecule has 5 aromatic rings. The quantitative estimate of drug-likeness (QED) is 0.105. The highest BCUT2D eigenvalue weighted by Crippen LogP contribution is 2.29. The Kier molecular flexibility index (Phi) is 13.1. The number of hydrogen-bond acceptors (Lipinski definition) is 6. The third kappa shape index (κ3) is 10.9. The van der Waals surface area contributed by atoms with Crippen molar-refractivity contribution in [2.75, 3.05) is 32.8 Å². The number of ether oxygens (including phenoxy) is 3. The molecule has 6 rings (SSSR count). The Labute approximate surface area is 322 Å². The van der Waals surface area contributed by atoms with Gasteiger partial charge in [0.25, 0.3) is 0 Å². The Morgan fingerprint density at radius 3 is 2.28 bits per heavy atom. The smallest absolute Gasteiger partial charge is 0.246 e. The molecule has 0 aliphatic carbocycles. The molecule has 1 amide bonds. The van der Waals surface area contributed by atoms with E-state index in [2.05, 4.69) is 72.3 Å². The zero-order valence-corrected chi connectivity index (χ0v) is 31.9. The van der Waals surface area contributed by atoms with Gasteiger partial charge in [0.1, 0.15) is 23.9 Å². The Balaban J connectivity index is 0.907. The van der Waals surface area contributed by atoms with E-state index in [1.165, 1.54) is 16.7 Å². The van der Waals surface area contributed by atoms with Gasteiger partial charge in [-0.3, -0.25) is 9.69 Å². The highest BCUT2D eigenvalue weighted by atomic mass is 35.5. The van der Waals surface area contributed by atoms with E-state index in [1.54, 1.807) is 30.5 Å². The summed E-state index contributed by atoms with van der Waals surface area (Å²) < 4.78 is 17.8. The molecule has 0 bridgehead atoms. The van der Waals surface area contributed by atoms with Crippen molar-refractivity contribution in [3.8, 4) is 23.1 Å². The minimum atomic E-state index is 0.0224. The minimum Gasteiger partial charge on any atom is -0.493 e. The van der Waals surface area contributed by atoms with Crippen LogP contribution < -0.4 is 14.2 Å². The van der Waals surface area contributed by atoms with Gasteiger partial charge in [-0.2, -0.15) is 0 Å². The standard InChI is InChI=1S/C44H45Cl2N3O4/c1-31(2)36-13-15-38(16-14-36)51-26-21-33-7-9-35(10-8-33)29-48-22-24-49(25-23-48)43(50)20-12-34-11-18-41(32(3)27-34)53-42-19-17-39(28-47-42)52-30-37-5-4-6-40(45)44(37)46/h4-20,27-28,31H,21-26,29-30H2,1-3H3. The fourth-order valence-electron chi connectivity index (χ4n) is 6.04. The maximum atomic E-state index is 13.0. The number of aryl methyl sites for hydroxylation is 1.